The van der Waals surface area contributed by atoms with Crippen LogP contribution < -0.4 is 9.80 Å². The third kappa shape index (κ3) is 8.03. The predicted molar refractivity (Wildman–Crippen MR) is 233 cm³/mol. The van der Waals surface area contributed by atoms with E-state index < -0.39 is 7.92 Å². The molecule has 5 heteroatoms. The van der Waals surface area contributed by atoms with Crippen LogP contribution in [0.3, 0.4) is 0 Å². The number of allylic oxidation sites excluding steroid dienone is 1. The van der Waals surface area contributed by atoms with Gasteiger partial charge in [0.25, 0.3) is 0 Å². The lowest BCUT2D eigenvalue weighted by atomic mass is 9.91. The Labute approximate surface area is 330 Å². The molecule has 3 saturated carbocycles. The van der Waals surface area contributed by atoms with E-state index >= 15 is 0 Å². The minimum Gasteiger partial charge on any atom is -0.322 e. The van der Waals surface area contributed by atoms with Gasteiger partial charge in [-0.05, 0) is 133 Å². The van der Waals surface area contributed by atoms with E-state index in [9.17, 15) is 0 Å². The summed E-state index contributed by atoms with van der Waals surface area (Å²) in [4.78, 5) is 5.78. The first-order valence-electron chi connectivity index (χ1n) is 21.6. The van der Waals surface area contributed by atoms with Gasteiger partial charge < -0.3 is 9.80 Å². The van der Waals surface area contributed by atoms with Gasteiger partial charge in [-0.3, -0.25) is 0 Å². The van der Waals surface area contributed by atoms with Crippen LogP contribution in [0.1, 0.15) is 169 Å². The molecule has 0 radical (unpaired) electrons. The van der Waals surface area contributed by atoms with Gasteiger partial charge in [0.1, 0.15) is 5.82 Å². The first kappa shape index (κ1) is 40.5. The number of hydrogen-bond acceptors (Lipinski definition) is 2. The van der Waals surface area contributed by atoms with Crippen LogP contribution in [-0.2, 0) is 0 Å². The van der Waals surface area contributed by atoms with E-state index in [1.165, 1.54) is 159 Å². The summed E-state index contributed by atoms with van der Waals surface area (Å²) in [6.45, 7) is 18.7. The minimum absolute atomic E-state index is 0.0581. The number of anilines is 2. The van der Waals surface area contributed by atoms with Crippen LogP contribution in [0, 0.1) is 41.5 Å². The fraction of sp³-hybridized carbons (Fsp3) is 0.702. The molecule has 0 amide bonds. The number of benzene rings is 2. The first-order chi connectivity index (χ1) is 25.0. The van der Waals surface area contributed by atoms with Gasteiger partial charge in [-0.1, -0.05) is 121 Å². The highest BCUT2D eigenvalue weighted by molar-refractivity contribution is 7.63. The zero-order chi connectivity index (χ0) is 37.2. The van der Waals surface area contributed by atoms with Crippen LogP contribution >= 0.6 is 31.1 Å². The monoisotopic (exact) mass is 764 g/mol. The molecule has 288 valence electrons. The van der Waals surface area contributed by atoms with Gasteiger partial charge in [-0.2, -0.15) is 0 Å². The number of aryl methyl sites for hydroxylation is 6. The van der Waals surface area contributed by atoms with Crippen molar-refractivity contribution in [3.8, 4) is 0 Å². The van der Waals surface area contributed by atoms with Crippen molar-refractivity contribution in [3.05, 3.63) is 69.0 Å². The minimum atomic E-state index is -0.477. The molecule has 2 aromatic rings. The molecule has 3 aliphatic carbocycles. The van der Waals surface area contributed by atoms with E-state index in [0.717, 1.165) is 30.6 Å². The summed E-state index contributed by atoms with van der Waals surface area (Å²) in [6.07, 6.45) is 24.2. The molecule has 2 aromatic carbocycles. The molecular weight excluding hydrogens is 694 g/mol. The van der Waals surface area contributed by atoms with E-state index in [-0.39, 0.29) is 9.99 Å². The number of unbranched alkanes of at least 4 members (excludes halogenated alkanes) is 2. The lowest BCUT2D eigenvalue weighted by Gasteiger charge is -2.52. The summed E-state index contributed by atoms with van der Waals surface area (Å²) in [5.41, 5.74) is 14.0. The van der Waals surface area contributed by atoms with Crippen molar-refractivity contribution < 1.29 is 0 Å². The lowest BCUT2D eigenvalue weighted by molar-refractivity contribution is 0.471. The van der Waals surface area contributed by atoms with Crippen LogP contribution in [-0.4, -0.2) is 33.4 Å². The second-order valence-electron chi connectivity index (χ2n) is 17.5. The second kappa shape index (κ2) is 17.7. The summed E-state index contributed by atoms with van der Waals surface area (Å²) in [5, 5.41) is -0.0581. The van der Waals surface area contributed by atoms with E-state index in [4.69, 9.17) is 23.2 Å². The van der Waals surface area contributed by atoms with Gasteiger partial charge >= 0.3 is 0 Å². The van der Waals surface area contributed by atoms with Gasteiger partial charge in [0, 0.05) is 16.9 Å². The van der Waals surface area contributed by atoms with Crippen LogP contribution in [0.5, 0.6) is 0 Å². The number of rotatable bonds is 11. The summed E-state index contributed by atoms with van der Waals surface area (Å²) >= 11 is 16.8. The maximum Gasteiger partial charge on any atom is 0.116 e. The Morgan fingerprint density at radius 1 is 0.615 bits per heavy atom. The average Bonchev–Trinajstić information content (AvgIpc) is 3.38. The lowest BCUT2D eigenvalue weighted by Crippen LogP contribution is -2.43. The summed E-state index contributed by atoms with van der Waals surface area (Å²) < 4.78 is -0.385. The number of hydrogen-bond donors (Lipinski definition) is 0. The highest BCUT2D eigenvalue weighted by Crippen LogP contribution is 2.72. The Bertz CT molecular complexity index is 1410. The molecule has 4 aliphatic rings. The normalized spacial score (nSPS) is 26.6. The smallest absolute Gasteiger partial charge is 0.116 e. The highest BCUT2D eigenvalue weighted by atomic mass is 35.5. The van der Waals surface area contributed by atoms with Crippen molar-refractivity contribution in [2.24, 2.45) is 0 Å². The highest BCUT2D eigenvalue weighted by Gasteiger charge is 2.56. The molecule has 1 saturated heterocycles. The Hall–Kier alpha value is -1.21. The topological polar surface area (TPSA) is 6.48 Å². The molecule has 1 heterocycles. The molecule has 4 fully saturated rings. The van der Waals surface area contributed by atoms with Gasteiger partial charge in [0.05, 0.1) is 22.1 Å². The van der Waals surface area contributed by atoms with Crippen LogP contribution in [0.25, 0.3) is 0 Å². The maximum atomic E-state index is 8.80. The molecule has 0 aromatic heterocycles. The number of halogens is 2. The zero-order valence-electron chi connectivity index (χ0n) is 34.2. The van der Waals surface area contributed by atoms with Gasteiger partial charge in [0.2, 0.25) is 0 Å². The summed E-state index contributed by atoms with van der Waals surface area (Å²) in [7, 11) is -0.477. The fourth-order valence-corrected chi connectivity index (χ4v) is 17.7. The van der Waals surface area contributed by atoms with Crippen molar-refractivity contribution in [3.63, 3.8) is 0 Å². The van der Waals surface area contributed by atoms with E-state index in [2.05, 4.69) is 89.5 Å². The van der Waals surface area contributed by atoms with Gasteiger partial charge in [-0.25, -0.2) is 0 Å². The molecule has 6 rings (SSSR count). The molecule has 0 spiro atoms. The molecule has 4 atom stereocenters. The van der Waals surface area contributed by atoms with E-state index in [0.29, 0.717) is 12.1 Å². The van der Waals surface area contributed by atoms with E-state index in [1.807, 2.05) is 0 Å². The third-order valence-corrected chi connectivity index (χ3v) is 18.6. The van der Waals surface area contributed by atoms with Crippen molar-refractivity contribution in [2.45, 2.75) is 211 Å². The Morgan fingerprint density at radius 3 is 1.40 bits per heavy atom. The van der Waals surface area contributed by atoms with Gasteiger partial charge in [-0.15, -0.1) is 23.2 Å². The Morgan fingerprint density at radius 2 is 1.02 bits per heavy atom. The second-order valence-corrected chi connectivity index (χ2v) is 22.0. The molecule has 4 unspecified atom stereocenters. The predicted octanol–water partition coefficient (Wildman–Crippen LogP) is 15.1. The molecule has 0 N–H and O–H groups in total. The number of alkyl halides is 2. The SMILES string of the molecule is CCCCC1C(CCCC)N(c2c(C)cc(C)cc2C)C(=C2C(Cl)CCCC2(Cl)P(C2CCCCC2)C2CCCCC2)N1c1c(C)cc(C)cc1C. The maximum absolute atomic E-state index is 8.80. The zero-order valence-corrected chi connectivity index (χ0v) is 36.6. The molecule has 2 nitrogen and oxygen atoms in total. The Balaban J connectivity index is 1.72. The van der Waals surface area contributed by atoms with Crippen molar-refractivity contribution >= 4 is 42.5 Å². The van der Waals surface area contributed by atoms with Crippen LogP contribution in [0.2, 0.25) is 0 Å². The Kier molecular flexibility index (Phi) is 13.8. The van der Waals surface area contributed by atoms with Crippen molar-refractivity contribution in [1.82, 2.24) is 0 Å². The van der Waals surface area contributed by atoms with Crippen LogP contribution in [0.15, 0.2) is 35.7 Å². The number of nitrogens with zero attached hydrogens (tertiary/aromatic N) is 2. The molecular formula is C47H71Cl2N2P. The fourth-order valence-electron chi connectivity index (χ4n) is 11.4. The molecule has 1 aliphatic heterocycles. The van der Waals surface area contributed by atoms with Gasteiger partial charge in [0.15, 0.2) is 0 Å². The third-order valence-electron chi connectivity index (χ3n) is 13.3. The molecule has 52 heavy (non-hydrogen) atoms. The van der Waals surface area contributed by atoms with Crippen LogP contribution in [0.4, 0.5) is 11.4 Å². The average molecular weight is 766 g/mol. The molecule has 0 bridgehead atoms. The standard InChI is InChI=1S/C47H71Cl2N2P/c1-9-11-25-41-42(26-12-10-2)51(45-36(7)30-33(4)31-37(45)8)46(50(41)44-34(5)28-32(3)29-35(44)6)43-40(48)24-19-27-47(43,49)52(38-20-15-13-16-21-38)39-22-17-14-18-23-39/h28-31,38-42H,9-27H2,1-8H3. The summed E-state index contributed by atoms with van der Waals surface area (Å²) in [5.74, 6) is 1.39. The summed E-state index contributed by atoms with van der Waals surface area (Å²) in [6, 6.07) is 10.4. The van der Waals surface area contributed by atoms with Crippen molar-refractivity contribution in [2.75, 3.05) is 9.80 Å². The quantitative estimate of drug-likeness (QED) is 0.166. The largest absolute Gasteiger partial charge is 0.322 e. The van der Waals surface area contributed by atoms with E-state index in [1.54, 1.807) is 0 Å². The first-order valence-corrected chi connectivity index (χ1v) is 23.9. The van der Waals surface area contributed by atoms with Crippen molar-refractivity contribution in [1.29, 1.82) is 0 Å².